The van der Waals surface area contributed by atoms with Gasteiger partial charge in [0.1, 0.15) is 12.1 Å². The second kappa shape index (κ2) is 8.44. The van der Waals surface area contributed by atoms with Gasteiger partial charge >= 0.3 is 0 Å². The summed E-state index contributed by atoms with van der Waals surface area (Å²) in [5.74, 6) is 1.14. The average molecular weight is 442 g/mol. The van der Waals surface area contributed by atoms with Crippen molar-refractivity contribution in [3.05, 3.63) is 53.6 Å². The Balaban J connectivity index is 1.36. The fourth-order valence-electron chi connectivity index (χ4n) is 3.41. The number of aryl methyl sites for hydroxylation is 3. The van der Waals surface area contributed by atoms with Gasteiger partial charge in [0.05, 0.1) is 10.6 Å². The Morgan fingerprint density at radius 1 is 1.10 bits per heavy atom. The average Bonchev–Trinajstić information content (AvgIpc) is 3.09. The zero-order valence-corrected chi connectivity index (χ0v) is 18.0. The van der Waals surface area contributed by atoms with Crippen LogP contribution in [0.5, 0.6) is 0 Å². The van der Waals surface area contributed by atoms with E-state index in [2.05, 4.69) is 30.4 Å². The van der Waals surface area contributed by atoms with Crippen LogP contribution in [0.4, 0.5) is 11.5 Å². The first-order chi connectivity index (χ1) is 14.8. The van der Waals surface area contributed by atoms with Gasteiger partial charge < -0.3 is 10.6 Å². The summed E-state index contributed by atoms with van der Waals surface area (Å²) < 4.78 is 29.5. The molecule has 4 rings (SSSR count). The molecule has 0 saturated heterocycles. The second-order valence-corrected chi connectivity index (χ2v) is 9.06. The summed E-state index contributed by atoms with van der Waals surface area (Å²) in [6.07, 6.45) is 2.31. The number of amides is 1. The molecule has 31 heavy (non-hydrogen) atoms. The topological polar surface area (TPSA) is 131 Å². The lowest BCUT2D eigenvalue weighted by Gasteiger charge is -2.17. The lowest BCUT2D eigenvalue weighted by atomic mass is 10.0. The van der Waals surface area contributed by atoms with Gasteiger partial charge in [-0.15, -0.1) is 0 Å². The third-order valence-electron chi connectivity index (χ3n) is 4.88. The number of sulfonamides is 1. The third kappa shape index (κ3) is 4.72. The van der Waals surface area contributed by atoms with Crippen LogP contribution < -0.4 is 15.4 Å². The first kappa shape index (κ1) is 20.9. The van der Waals surface area contributed by atoms with Gasteiger partial charge in [-0.25, -0.2) is 27.8 Å². The summed E-state index contributed by atoms with van der Waals surface area (Å²) >= 11 is 0. The maximum absolute atomic E-state index is 12.6. The molecule has 162 valence electrons. The van der Waals surface area contributed by atoms with Crippen molar-refractivity contribution in [1.29, 1.82) is 0 Å². The van der Waals surface area contributed by atoms with Crippen molar-refractivity contribution in [2.75, 3.05) is 23.7 Å². The standard InChI is InChI=1S/C20H23N7O3S/c1-13-9-14(2)27(26-13)19-11-18(22-12-23-19)21-7-8-24-31(29,30)16-4-5-17-15(10-16)3-6-20(28)25-17/h4-5,9-12,24H,3,6-8H2,1-2H3,(H,25,28)(H,21,22,23). The summed E-state index contributed by atoms with van der Waals surface area (Å²) in [7, 11) is -3.67. The Labute approximate surface area is 180 Å². The van der Waals surface area contributed by atoms with Crippen molar-refractivity contribution >= 4 is 27.4 Å². The monoisotopic (exact) mass is 441 g/mol. The molecule has 0 unspecified atom stereocenters. The molecule has 2 aromatic heterocycles. The predicted octanol–water partition coefficient (Wildman–Crippen LogP) is 1.55. The Morgan fingerprint density at radius 2 is 1.94 bits per heavy atom. The molecular formula is C20H23N7O3S. The molecular weight excluding hydrogens is 418 g/mol. The number of hydrogen-bond donors (Lipinski definition) is 3. The van der Waals surface area contributed by atoms with Gasteiger partial charge in [0.15, 0.2) is 5.82 Å². The highest BCUT2D eigenvalue weighted by Gasteiger charge is 2.19. The molecule has 0 saturated carbocycles. The fourth-order valence-corrected chi connectivity index (χ4v) is 4.49. The predicted molar refractivity (Wildman–Crippen MR) is 116 cm³/mol. The normalized spacial score (nSPS) is 13.5. The number of benzene rings is 1. The summed E-state index contributed by atoms with van der Waals surface area (Å²) in [4.78, 5) is 20.0. The number of aromatic nitrogens is 4. The van der Waals surface area contributed by atoms with Crippen LogP contribution in [0, 0.1) is 13.8 Å². The molecule has 11 heteroatoms. The molecule has 1 amide bonds. The lowest BCUT2D eigenvalue weighted by Crippen LogP contribution is -2.29. The van der Waals surface area contributed by atoms with Gasteiger partial charge in [-0.05, 0) is 50.1 Å². The summed E-state index contributed by atoms with van der Waals surface area (Å²) in [5, 5.41) is 10.2. The number of nitrogens with one attached hydrogen (secondary N) is 3. The molecule has 0 aliphatic carbocycles. The van der Waals surface area contributed by atoms with Crippen LogP contribution in [-0.4, -0.2) is 47.2 Å². The zero-order valence-electron chi connectivity index (χ0n) is 17.2. The number of rotatable bonds is 7. The van der Waals surface area contributed by atoms with Crippen molar-refractivity contribution in [3.8, 4) is 5.82 Å². The van der Waals surface area contributed by atoms with Crippen LogP contribution in [0.2, 0.25) is 0 Å². The minimum atomic E-state index is -3.67. The van der Waals surface area contributed by atoms with Gasteiger partial charge in [0.2, 0.25) is 15.9 Å². The number of fused-ring (bicyclic) bond motifs is 1. The summed E-state index contributed by atoms with van der Waals surface area (Å²) in [6.45, 7) is 4.37. The van der Waals surface area contributed by atoms with Crippen LogP contribution in [0.1, 0.15) is 23.4 Å². The number of carbonyl (C=O) groups is 1. The van der Waals surface area contributed by atoms with E-state index in [1.807, 2.05) is 19.9 Å². The molecule has 3 N–H and O–H groups in total. The van der Waals surface area contributed by atoms with Gasteiger partial charge in [0.25, 0.3) is 0 Å². The molecule has 3 aromatic rings. The van der Waals surface area contributed by atoms with Gasteiger partial charge in [0, 0.05) is 37.0 Å². The van der Waals surface area contributed by atoms with E-state index in [-0.39, 0.29) is 17.3 Å². The first-order valence-electron chi connectivity index (χ1n) is 9.84. The Kier molecular flexibility index (Phi) is 5.70. The molecule has 0 spiro atoms. The Morgan fingerprint density at radius 3 is 2.71 bits per heavy atom. The molecule has 0 bridgehead atoms. The van der Waals surface area contributed by atoms with E-state index in [9.17, 15) is 13.2 Å². The van der Waals surface area contributed by atoms with Crippen molar-refractivity contribution in [2.45, 2.75) is 31.6 Å². The van der Waals surface area contributed by atoms with Crippen molar-refractivity contribution in [2.24, 2.45) is 0 Å². The highest BCUT2D eigenvalue weighted by atomic mass is 32.2. The molecule has 0 atom stereocenters. The van der Waals surface area contributed by atoms with E-state index in [1.54, 1.807) is 22.9 Å². The molecule has 1 aromatic carbocycles. The Bertz CT molecular complexity index is 1240. The number of carbonyl (C=O) groups excluding carboxylic acids is 1. The number of hydrogen-bond acceptors (Lipinski definition) is 7. The van der Waals surface area contributed by atoms with Crippen molar-refractivity contribution < 1.29 is 13.2 Å². The van der Waals surface area contributed by atoms with Gasteiger partial charge in [-0.3, -0.25) is 4.79 Å². The summed E-state index contributed by atoms with van der Waals surface area (Å²) in [6, 6.07) is 8.44. The van der Waals surface area contributed by atoms with Gasteiger partial charge in [-0.2, -0.15) is 5.10 Å². The molecule has 1 aliphatic heterocycles. The highest BCUT2D eigenvalue weighted by molar-refractivity contribution is 7.89. The van der Waals surface area contributed by atoms with Crippen LogP contribution in [-0.2, 0) is 21.2 Å². The minimum Gasteiger partial charge on any atom is -0.369 e. The lowest BCUT2D eigenvalue weighted by molar-refractivity contribution is -0.116. The fraction of sp³-hybridized carbons (Fsp3) is 0.300. The van der Waals surface area contributed by atoms with Crippen molar-refractivity contribution in [1.82, 2.24) is 24.5 Å². The maximum atomic E-state index is 12.6. The SMILES string of the molecule is Cc1cc(C)n(-c2cc(NCCNS(=O)(=O)c3ccc4c(c3)CCC(=O)N4)ncn2)n1. The van der Waals surface area contributed by atoms with Crippen molar-refractivity contribution in [3.63, 3.8) is 0 Å². The molecule has 0 radical (unpaired) electrons. The van der Waals surface area contributed by atoms with Crippen LogP contribution in [0.15, 0.2) is 41.6 Å². The van der Waals surface area contributed by atoms with E-state index in [0.29, 0.717) is 36.7 Å². The smallest absolute Gasteiger partial charge is 0.240 e. The van der Waals surface area contributed by atoms with E-state index < -0.39 is 10.0 Å². The first-order valence-corrected chi connectivity index (χ1v) is 11.3. The largest absolute Gasteiger partial charge is 0.369 e. The number of anilines is 2. The molecule has 3 heterocycles. The third-order valence-corrected chi connectivity index (χ3v) is 6.34. The number of nitrogens with zero attached hydrogens (tertiary/aromatic N) is 4. The van der Waals surface area contributed by atoms with Crippen LogP contribution in [0.3, 0.4) is 0 Å². The Hall–Kier alpha value is -3.31. The highest BCUT2D eigenvalue weighted by Crippen LogP contribution is 2.25. The molecule has 10 nitrogen and oxygen atoms in total. The van der Waals surface area contributed by atoms with Gasteiger partial charge in [-0.1, -0.05) is 0 Å². The second-order valence-electron chi connectivity index (χ2n) is 7.29. The van der Waals surface area contributed by atoms with Crippen LogP contribution >= 0.6 is 0 Å². The van der Waals surface area contributed by atoms with Crippen LogP contribution in [0.25, 0.3) is 5.82 Å². The van der Waals surface area contributed by atoms with E-state index in [0.717, 1.165) is 17.0 Å². The zero-order chi connectivity index (χ0) is 22.0. The molecule has 0 fully saturated rings. The minimum absolute atomic E-state index is 0.0574. The quantitative estimate of drug-likeness (QED) is 0.474. The maximum Gasteiger partial charge on any atom is 0.240 e. The molecule has 1 aliphatic rings. The van der Waals surface area contributed by atoms with E-state index in [4.69, 9.17) is 0 Å². The van der Waals surface area contributed by atoms with E-state index in [1.165, 1.54) is 12.4 Å². The van der Waals surface area contributed by atoms with E-state index >= 15 is 0 Å². The summed E-state index contributed by atoms with van der Waals surface area (Å²) in [5.41, 5.74) is 3.33.